The molecule has 0 aliphatic carbocycles. The van der Waals surface area contributed by atoms with E-state index < -0.39 is 0 Å². The summed E-state index contributed by atoms with van der Waals surface area (Å²) in [6.07, 6.45) is 0. The van der Waals surface area contributed by atoms with Crippen molar-refractivity contribution >= 4 is 22.3 Å². The number of thiophene rings is 1. The van der Waals surface area contributed by atoms with Crippen molar-refractivity contribution in [1.82, 2.24) is 0 Å². The summed E-state index contributed by atoms with van der Waals surface area (Å²) in [4.78, 5) is 13.1. The molecule has 0 N–H and O–H groups in total. The number of ether oxygens (including phenoxy) is 1. The Bertz CT molecular complexity index is 887. The maximum Gasteiger partial charge on any atom is 0.339 e. The van der Waals surface area contributed by atoms with Crippen LogP contribution < -0.4 is 10.4 Å². The van der Waals surface area contributed by atoms with Crippen molar-refractivity contribution in [1.29, 1.82) is 0 Å². The van der Waals surface area contributed by atoms with E-state index in [0.29, 0.717) is 11.1 Å². The molecule has 2 aromatic heterocycles. The van der Waals surface area contributed by atoms with Crippen molar-refractivity contribution in [2.24, 2.45) is 0 Å². The first kappa shape index (κ1) is 13.9. The third-order valence-corrected chi connectivity index (χ3v) is 4.92. The van der Waals surface area contributed by atoms with Crippen LogP contribution in [0.25, 0.3) is 21.4 Å². The minimum absolute atomic E-state index is 0.290. The number of benzene rings is 1. The lowest BCUT2D eigenvalue weighted by Crippen LogP contribution is -2.06. The van der Waals surface area contributed by atoms with Crippen molar-refractivity contribution in [2.75, 3.05) is 7.11 Å². The summed E-state index contributed by atoms with van der Waals surface area (Å²) in [5.41, 5.74) is 4.03. The van der Waals surface area contributed by atoms with Gasteiger partial charge in [0.05, 0.1) is 12.5 Å². The third kappa shape index (κ3) is 2.16. The quantitative estimate of drug-likeness (QED) is 0.656. The Morgan fingerprint density at radius 3 is 2.52 bits per heavy atom. The van der Waals surface area contributed by atoms with Crippen LogP contribution >= 0.6 is 11.3 Å². The number of hydrogen-bond donors (Lipinski definition) is 0. The molecule has 4 heteroatoms. The first-order valence-corrected chi connectivity index (χ1v) is 7.57. The second-order valence-electron chi connectivity index (χ2n) is 5.12. The SMILES string of the molecule is COc1cc(-c2sccc2C)cc2oc(=O)c(C)c(C)c12. The van der Waals surface area contributed by atoms with Gasteiger partial charge in [-0.2, -0.15) is 0 Å². The molecule has 108 valence electrons. The summed E-state index contributed by atoms with van der Waals surface area (Å²) < 4.78 is 11.0. The first-order chi connectivity index (χ1) is 10.0. The minimum atomic E-state index is -0.290. The van der Waals surface area contributed by atoms with Gasteiger partial charge in [0, 0.05) is 10.4 Å². The fourth-order valence-electron chi connectivity index (χ4n) is 2.52. The molecular formula is C17H16O3S. The van der Waals surface area contributed by atoms with E-state index in [4.69, 9.17) is 9.15 Å². The van der Waals surface area contributed by atoms with Crippen LogP contribution in [0.2, 0.25) is 0 Å². The Kier molecular flexibility index (Phi) is 3.33. The Labute approximate surface area is 126 Å². The molecule has 21 heavy (non-hydrogen) atoms. The Balaban J connectivity index is 2.40. The molecule has 0 aliphatic heterocycles. The monoisotopic (exact) mass is 300 g/mol. The normalized spacial score (nSPS) is 11.0. The summed E-state index contributed by atoms with van der Waals surface area (Å²) >= 11 is 1.67. The highest BCUT2D eigenvalue weighted by atomic mass is 32.1. The lowest BCUT2D eigenvalue weighted by molar-refractivity contribution is 0.418. The first-order valence-electron chi connectivity index (χ1n) is 6.69. The summed E-state index contributed by atoms with van der Waals surface area (Å²) in [7, 11) is 1.64. The average molecular weight is 300 g/mol. The zero-order valence-corrected chi connectivity index (χ0v) is 13.3. The van der Waals surface area contributed by atoms with Gasteiger partial charge in [-0.1, -0.05) is 0 Å². The van der Waals surface area contributed by atoms with Gasteiger partial charge in [0.2, 0.25) is 0 Å². The van der Waals surface area contributed by atoms with E-state index in [1.807, 2.05) is 19.1 Å². The van der Waals surface area contributed by atoms with Crippen LogP contribution in [0.15, 0.2) is 32.8 Å². The van der Waals surface area contributed by atoms with Crippen molar-refractivity contribution in [2.45, 2.75) is 20.8 Å². The van der Waals surface area contributed by atoms with Gasteiger partial charge in [-0.15, -0.1) is 11.3 Å². The zero-order chi connectivity index (χ0) is 15.1. The molecule has 0 spiro atoms. The molecule has 0 amide bonds. The molecule has 1 aromatic carbocycles. The van der Waals surface area contributed by atoms with Crippen LogP contribution in [-0.4, -0.2) is 7.11 Å². The van der Waals surface area contributed by atoms with Crippen LogP contribution in [0.4, 0.5) is 0 Å². The van der Waals surface area contributed by atoms with Gasteiger partial charge in [0.25, 0.3) is 0 Å². The molecule has 0 bridgehead atoms. The van der Waals surface area contributed by atoms with Gasteiger partial charge in [-0.25, -0.2) is 4.79 Å². The molecular weight excluding hydrogens is 284 g/mol. The lowest BCUT2D eigenvalue weighted by Gasteiger charge is -2.11. The van der Waals surface area contributed by atoms with Gasteiger partial charge in [0.1, 0.15) is 11.3 Å². The topological polar surface area (TPSA) is 39.4 Å². The van der Waals surface area contributed by atoms with E-state index in [0.717, 1.165) is 27.1 Å². The van der Waals surface area contributed by atoms with Gasteiger partial charge in [0.15, 0.2) is 0 Å². The molecule has 0 unspecified atom stereocenters. The predicted octanol–water partition coefficient (Wildman–Crippen LogP) is 4.46. The highest BCUT2D eigenvalue weighted by Gasteiger charge is 2.15. The summed E-state index contributed by atoms with van der Waals surface area (Å²) in [6.45, 7) is 5.77. The second kappa shape index (κ2) is 5.04. The highest BCUT2D eigenvalue weighted by Crippen LogP contribution is 2.37. The summed E-state index contributed by atoms with van der Waals surface area (Å²) in [5.74, 6) is 0.736. The van der Waals surface area contributed by atoms with Crippen LogP contribution in [0.1, 0.15) is 16.7 Å². The fourth-order valence-corrected chi connectivity index (χ4v) is 3.43. The Morgan fingerprint density at radius 1 is 1.14 bits per heavy atom. The molecule has 0 saturated carbocycles. The van der Waals surface area contributed by atoms with Crippen LogP contribution in [0.3, 0.4) is 0 Å². The second-order valence-corrected chi connectivity index (χ2v) is 6.04. The maximum absolute atomic E-state index is 11.9. The zero-order valence-electron chi connectivity index (χ0n) is 12.4. The summed E-state index contributed by atoms with van der Waals surface area (Å²) in [6, 6.07) is 6.01. The van der Waals surface area contributed by atoms with Crippen molar-refractivity contribution < 1.29 is 9.15 Å². The standard InChI is InChI=1S/C17H16O3S/c1-9-5-6-21-16(9)12-7-13(19-4)15-10(2)11(3)17(18)20-14(15)8-12/h5-8H,1-4H3. The fraction of sp³-hybridized carbons (Fsp3) is 0.235. The van der Waals surface area contributed by atoms with Crippen LogP contribution in [-0.2, 0) is 0 Å². The summed E-state index contributed by atoms with van der Waals surface area (Å²) in [5, 5.41) is 2.92. The number of aryl methyl sites for hydroxylation is 2. The van der Waals surface area contributed by atoms with Crippen molar-refractivity contribution in [3.8, 4) is 16.2 Å². The minimum Gasteiger partial charge on any atom is -0.496 e. The molecule has 0 radical (unpaired) electrons. The molecule has 0 fully saturated rings. The highest BCUT2D eigenvalue weighted by molar-refractivity contribution is 7.13. The van der Waals surface area contributed by atoms with Crippen molar-refractivity contribution in [3.05, 3.63) is 50.7 Å². The van der Waals surface area contributed by atoms with Gasteiger partial charge >= 0.3 is 5.63 Å². The van der Waals surface area contributed by atoms with E-state index in [1.54, 1.807) is 25.4 Å². The van der Waals surface area contributed by atoms with E-state index in [-0.39, 0.29) is 5.63 Å². The number of rotatable bonds is 2. The van der Waals surface area contributed by atoms with E-state index in [2.05, 4.69) is 18.4 Å². The van der Waals surface area contributed by atoms with Gasteiger partial charge in [-0.3, -0.25) is 0 Å². The van der Waals surface area contributed by atoms with E-state index in [1.165, 1.54) is 5.56 Å². The van der Waals surface area contributed by atoms with Crippen LogP contribution in [0.5, 0.6) is 5.75 Å². The number of fused-ring (bicyclic) bond motifs is 1. The molecule has 3 nitrogen and oxygen atoms in total. The van der Waals surface area contributed by atoms with Crippen LogP contribution in [0, 0.1) is 20.8 Å². The molecule has 3 aromatic rings. The van der Waals surface area contributed by atoms with E-state index in [9.17, 15) is 4.79 Å². The molecule has 0 aliphatic rings. The largest absolute Gasteiger partial charge is 0.496 e. The molecule has 0 atom stereocenters. The average Bonchev–Trinajstić information content (AvgIpc) is 2.89. The predicted molar refractivity (Wildman–Crippen MR) is 86.6 cm³/mol. The van der Waals surface area contributed by atoms with Crippen molar-refractivity contribution in [3.63, 3.8) is 0 Å². The smallest absolute Gasteiger partial charge is 0.339 e. The van der Waals surface area contributed by atoms with Gasteiger partial charge in [-0.05, 0) is 61.0 Å². The Morgan fingerprint density at radius 2 is 1.90 bits per heavy atom. The maximum atomic E-state index is 11.9. The number of hydrogen-bond acceptors (Lipinski definition) is 4. The van der Waals surface area contributed by atoms with E-state index >= 15 is 0 Å². The third-order valence-electron chi connectivity index (χ3n) is 3.86. The lowest BCUT2D eigenvalue weighted by atomic mass is 10.0. The Hall–Kier alpha value is -2.07. The molecule has 3 rings (SSSR count). The number of methoxy groups -OCH3 is 1. The van der Waals surface area contributed by atoms with Gasteiger partial charge < -0.3 is 9.15 Å². The molecule has 2 heterocycles. The molecule has 0 saturated heterocycles.